The van der Waals surface area contributed by atoms with Crippen LogP contribution in [0, 0.1) is 19.8 Å². The molecule has 4 heteroatoms. The third-order valence-corrected chi connectivity index (χ3v) is 4.77. The highest BCUT2D eigenvalue weighted by Gasteiger charge is 2.19. The van der Waals surface area contributed by atoms with E-state index in [1.807, 2.05) is 11.7 Å². The Morgan fingerprint density at radius 1 is 1.35 bits per heavy atom. The highest BCUT2D eigenvalue weighted by atomic mass is 16.5. The maximum Gasteiger partial charge on any atom is 0.0628 e. The first kappa shape index (κ1) is 15.5. The summed E-state index contributed by atoms with van der Waals surface area (Å²) in [6, 6.07) is 0.608. The molecule has 0 amide bonds. The first-order valence-electron chi connectivity index (χ1n) is 7.86. The highest BCUT2D eigenvalue weighted by Crippen LogP contribution is 2.23. The van der Waals surface area contributed by atoms with Gasteiger partial charge in [-0.3, -0.25) is 4.68 Å². The number of nitrogens with one attached hydrogen (secondary N) is 1. The van der Waals surface area contributed by atoms with Crippen molar-refractivity contribution >= 4 is 0 Å². The minimum atomic E-state index is 0.608. The molecule has 0 bridgehead atoms. The predicted molar refractivity (Wildman–Crippen MR) is 82.0 cm³/mol. The lowest BCUT2D eigenvalue weighted by molar-refractivity contribution is 0.0605. The van der Waals surface area contributed by atoms with Crippen molar-refractivity contribution in [2.75, 3.05) is 20.3 Å². The molecule has 0 aliphatic carbocycles. The molecular weight excluding hydrogens is 250 g/mol. The summed E-state index contributed by atoms with van der Waals surface area (Å²) in [4.78, 5) is 0. The van der Waals surface area contributed by atoms with Gasteiger partial charge in [0.15, 0.2) is 0 Å². The second-order valence-electron chi connectivity index (χ2n) is 6.09. The summed E-state index contributed by atoms with van der Waals surface area (Å²) in [7, 11) is 4.12. The fraction of sp³-hybridized carbons (Fsp3) is 0.812. The van der Waals surface area contributed by atoms with E-state index in [0.29, 0.717) is 6.04 Å². The summed E-state index contributed by atoms with van der Waals surface area (Å²) in [5.74, 6) is 0.831. The number of aromatic nitrogens is 2. The fourth-order valence-corrected chi connectivity index (χ4v) is 3.26. The molecule has 1 fully saturated rings. The molecule has 1 aliphatic heterocycles. The lowest BCUT2D eigenvalue weighted by Gasteiger charge is -2.26. The molecule has 1 N–H and O–H groups in total. The van der Waals surface area contributed by atoms with Crippen molar-refractivity contribution in [3.8, 4) is 0 Å². The van der Waals surface area contributed by atoms with Gasteiger partial charge >= 0.3 is 0 Å². The summed E-state index contributed by atoms with van der Waals surface area (Å²) < 4.78 is 7.44. The van der Waals surface area contributed by atoms with Crippen LogP contribution in [-0.4, -0.2) is 36.1 Å². The third kappa shape index (κ3) is 3.83. The molecule has 2 rings (SSSR count). The molecule has 1 unspecified atom stereocenters. The Labute approximate surface area is 122 Å². The maximum absolute atomic E-state index is 5.45. The average Bonchev–Trinajstić information content (AvgIpc) is 2.70. The monoisotopic (exact) mass is 279 g/mol. The van der Waals surface area contributed by atoms with Crippen LogP contribution in [0.25, 0.3) is 0 Å². The highest BCUT2D eigenvalue weighted by molar-refractivity contribution is 5.24. The van der Waals surface area contributed by atoms with Gasteiger partial charge in [0.25, 0.3) is 0 Å². The minimum Gasteiger partial charge on any atom is -0.381 e. The van der Waals surface area contributed by atoms with Gasteiger partial charge in [0.2, 0.25) is 0 Å². The van der Waals surface area contributed by atoms with E-state index in [2.05, 4.69) is 31.3 Å². The van der Waals surface area contributed by atoms with Crippen molar-refractivity contribution in [2.45, 2.75) is 52.0 Å². The van der Waals surface area contributed by atoms with Gasteiger partial charge in [-0.2, -0.15) is 5.10 Å². The Bertz CT molecular complexity index is 422. The van der Waals surface area contributed by atoms with E-state index in [-0.39, 0.29) is 0 Å². The Morgan fingerprint density at radius 3 is 2.60 bits per heavy atom. The molecule has 0 spiro atoms. The zero-order valence-electron chi connectivity index (χ0n) is 13.4. The Balaban J connectivity index is 1.86. The summed E-state index contributed by atoms with van der Waals surface area (Å²) in [6.45, 7) is 6.18. The van der Waals surface area contributed by atoms with Crippen LogP contribution in [0.5, 0.6) is 0 Å². The third-order valence-electron chi connectivity index (χ3n) is 4.77. The number of aryl methyl sites for hydroxylation is 2. The molecule has 4 nitrogen and oxygen atoms in total. The van der Waals surface area contributed by atoms with Gasteiger partial charge in [0.05, 0.1) is 5.69 Å². The number of hydrogen-bond donors (Lipinski definition) is 1. The van der Waals surface area contributed by atoms with Crippen molar-refractivity contribution in [2.24, 2.45) is 13.0 Å². The molecule has 2 heterocycles. The Hall–Kier alpha value is -0.870. The van der Waals surface area contributed by atoms with Crippen LogP contribution in [-0.2, 0) is 18.2 Å². The number of rotatable bonds is 6. The SMILES string of the molecule is CNC(CCc1c(C)nn(C)c1C)CC1CCOCC1. The zero-order valence-corrected chi connectivity index (χ0v) is 13.4. The first-order valence-corrected chi connectivity index (χ1v) is 7.86. The van der Waals surface area contributed by atoms with Crippen LogP contribution in [0.3, 0.4) is 0 Å². The molecule has 1 saturated heterocycles. The van der Waals surface area contributed by atoms with Crippen molar-refractivity contribution in [1.29, 1.82) is 0 Å². The van der Waals surface area contributed by atoms with Crippen LogP contribution in [0.15, 0.2) is 0 Å². The van der Waals surface area contributed by atoms with Crippen LogP contribution in [0.2, 0.25) is 0 Å². The first-order chi connectivity index (χ1) is 9.61. The van der Waals surface area contributed by atoms with Gasteiger partial charge in [0.1, 0.15) is 0 Å². The summed E-state index contributed by atoms with van der Waals surface area (Å²) >= 11 is 0. The molecule has 0 saturated carbocycles. The molecule has 1 aliphatic rings. The van der Waals surface area contributed by atoms with E-state index < -0.39 is 0 Å². The molecule has 0 radical (unpaired) electrons. The number of hydrogen-bond acceptors (Lipinski definition) is 3. The van der Waals surface area contributed by atoms with Crippen molar-refractivity contribution in [3.05, 3.63) is 17.0 Å². The van der Waals surface area contributed by atoms with Crippen LogP contribution in [0.1, 0.15) is 42.6 Å². The second-order valence-corrected chi connectivity index (χ2v) is 6.09. The lowest BCUT2D eigenvalue weighted by Crippen LogP contribution is -2.30. The topological polar surface area (TPSA) is 39.1 Å². The molecule has 1 aromatic heterocycles. The van der Waals surface area contributed by atoms with Gasteiger partial charge in [0, 0.05) is 32.0 Å². The zero-order chi connectivity index (χ0) is 14.5. The van der Waals surface area contributed by atoms with E-state index in [9.17, 15) is 0 Å². The van der Waals surface area contributed by atoms with E-state index in [1.165, 1.54) is 42.6 Å². The van der Waals surface area contributed by atoms with Gasteiger partial charge in [-0.1, -0.05) is 0 Å². The number of nitrogens with zero attached hydrogens (tertiary/aromatic N) is 2. The molecule has 0 aromatic carbocycles. The smallest absolute Gasteiger partial charge is 0.0628 e. The molecule has 114 valence electrons. The largest absolute Gasteiger partial charge is 0.381 e. The summed E-state index contributed by atoms with van der Waals surface area (Å²) in [5.41, 5.74) is 3.93. The normalized spacial score (nSPS) is 18.4. The standard InChI is InChI=1S/C16H29N3O/c1-12-16(13(2)19(4)18-12)6-5-15(17-3)11-14-7-9-20-10-8-14/h14-15,17H,5-11H2,1-4H3. The van der Waals surface area contributed by atoms with Gasteiger partial charge in [-0.15, -0.1) is 0 Å². The predicted octanol–water partition coefficient (Wildman–Crippen LogP) is 2.37. The van der Waals surface area contributed by atoms with Crippen LogP contribution >= 0.6 is 0 Å². The summed E-state index contributed by atoms with van der Waals surface area (Å²) in [6.07, 6.45) is 6.05. The van der Waals surface area contributed by atoms with E-state index in [1.54, 1.807) is 0 Å². The Kier molecular flexibility index (Phi) is 5.61. The van der Waals surface area contributed by atoms with Crippen molar-refractivity contribution < 1.29 is 4.74 Å². The van der Waals surface area contributed by atoms with Crippen LogP contribution < -0.4 is 5.32 Å². The quantitative estimate of drug-likeness (QED) is 0.869. The molecule has 1 aromatic rings. The van der Waals surface area contributed by atoms with Crippen LogP contribution in [0.4, 0.5) is 0 Å². The van der Waals surface area contributed by atoms with E-state index in [4.69, 9.17) is 4.74 Å². The minimum absolute atomic E-state index is 0.608. The van der Waals surface area contributed by atoms with E-state index >= 15 is 0 Å². The molecular formula is C16H29N3O. The van der Waals surface area contributed by atoms with Gasteiger partial charge in [-0.05, 0) is 64.5 Å². The van der Waals surface area contributed by atoms with Crippen molar-refractivity contribution in [3.63, 3.8) is 0 Å². The lowest BCUT2D eigenvalue weighted by atomic mass is 9.90. The molecule has 20 heavy (non-hydrogen) atoms. The van der Waals surface area contributed by atoms with Crippen molar-refractivity contribution in [1.82, 2.24) is 15.1 Å². The van der Waals surface area contributed by atoms with E-state index in [0.717, 1.165) is 25.6 Å². The average molecular weight is 279 g/mol. The molecule has 1 atom stereocenters. The van der Waals surface area contributed by atoms with Gasteiger partial charge < -0.3 is 10.1 Å². The summed E-state index contributed by atoms with van der Waals surface area (Å²) in [5, 5.41) is 8.01. The van der Waals surface area contributed by atoms with Gasteiger partial charge in [-0.25, -0.2) is 0 Å². The number of ether oxygens (including phenoxy) is 1. The Morgan fingerprint density at radius 2 is 2.05 bits per heavy atom. The fourth-order valence-electron chi connectivity index (χ4n) is 3.26. The maximum atomic E-state index is 5.45. The second kappa shape index (κ2) is 7.23.